The average Bonchev–Trinajstić information content (AvgIpc) is 1.60. The Bertz CT molecular complexity index is 93.9. The van der Waals surface area contributed by atoms with E-state index in [-0.39, 0.29) is 7.27 Å². The van der Waals surface area contributed by atoms with E-state index >= 15 is 0 Å². The van der Waals surface area contributed by atoms with Gasteiger partial charge in [-0.25, -0.2) is 0 Å². The third-order valence-corrected chi connectivity index (χ3v) is 5.09. The molecule has 62 valence electrons. The van der Waals surface area contributed by atoms with E-state index < -0.39 is 0 Å². The van der Waals surface area contributed by atoms with Crippen molar-refractivity contribution in [2.75, 3.05) is 6.16 Å². The van der Waals surface area contributed by atoms with Gasteiger partial charge >= 0.3 is 0 Å². The van der Waals surface area contributed by atoms with E-state index in [4.69, 9.17) is 11.2 Å². The van der Waals surface area contributed by atoms with Gasteiger partial charge in [-0.1, -0.05) is 45.9 Å². The molecule has 1 atom stereocenters. The molecule has 0 amide bonds. The van der Waals surface area contributed by atoms with Crippen LogP contribution in [-0.2, 0) is 0 Å². The van der Waals surface area contributed by atoms with Crippen LogP contribution in [0.3, 0.4) is 0 Å². The van der Waals surface area contributed by atoms with Crippen LogP contribution in [0, 0.1) is 5.41 Å². The zero-order valence-electron chi connectivity index (χ0n) is 7.61. The van der Waals surface area contributed by atoms with E-state index in [2.05, 4.69) is 34.6 Å². The third-order valence-electron chi connectivity index (χ3n) is 1.19. The molecule has 0 fully saturated rings. The van der Waals surface area contributed by atoms with E-state index in [0.29, 0.717) is 11.1 Å². The first kappa shape index (κ1) is 10.7. The maximum Gasteiger partial charge on any atom is -0.00659 e. The van der Waals surface area contributed by atoms with Crippen LogP contribution in [0.5, 0.6) is 0 Å². The van der Waals surface area contributed by atoms with Gasteiger partial charge in [-0.05, 0) is 24.5 Å². The van der Waals surface area contributed by atoms with E-state index in [1.807, 2.05) is 0 Å². The maximum atomic E-state index is 6.17. The molecule has 0 saturated carbocycles. The Balaban J connectivity index is 3.68. The van der Waals surface area contributed by atoms with Crippen molar-refractivity contribution in [1.82, 2.24) is 0 Å². The first-order chi connectivity index (χ1) is 4.33. The van der Waals surface area contributed by atoms with E-state index in [1.54, 1.807) is 0 Å². The Kier molecular flexibility index (Phi) is 4.21. The minimum atomic E-state index is -0.255. The Morgan fingerprint density at radius 2 is 1.70 bits per heavy atom. The summed E-state index contributed by atoms with van der Waals surface area (Å²) in [5, 5.41) is 0. The summed E-state index contributed by atoms with van der Waals surface area (Å²) in [6.45, 7) is 11.1. The summed E-state index contributed by atoms with van der Waals surface area (Å²) in [4.78, 5) is 0. The highest BCUT2D eigenvalue weighted by molar-refractivity contribution is 7.84. The van der Waals surface area contributed by atoms with Crippen molar-refractivity contribution >= 4 is 18.5 Å². The van der Waals surface area contributed by atoms with Crippen molar-refractivity contribution in [3.05, 3.63) is 0 Å². The molecule has 0 aliphatic heterocycles. The second-order valence-corrected chi connectivity index (χ2v) is 7.66. The highest BCUT2D eigenvalue weighted by Gasteiger charge is 2.18. The smallest absolute Gasteiger partial charge is 0.00659 e. The van der Waals surface area contributed by atoms with E-state index in [9.17, 15) is 0 Å². The van der Waals surface area contributed by atoms with Crippen molar-refractivity contribution in [3.8, 4) is 0 Å². The molecule has 2 heteroatoms. The lowest BCUT2D eigenvalue weighted by Crippen LogP contribution is -2.11. The van der Waals surface area contributed by atoms with Crippen LogP contribution in [0.1, 0.15) is 34.6 Å². The molecule has 0 nitrogen and oxygen atoms in total. The van der Waals surface area contributed by atoms with E-state index in [0.717, 1.165) is 0 Å². The van der Waals surface area contributed by atoms with Crippen molar-refractivity contribution in [2.45, 2.75) is 40.3 Å². The van der Waals surface area contributed by atoms with Crippen LogP contribution in [0.25, 0.3) is 0 Å². The van der Waals surface area contributed by atoms with Gasteiger partial charge in [-0.15, -0.1) is 0 Å². The van der Waals surface area contributed by atoms with Crippen LogP contribution in [0.2, 0.25) is 0 Å². The quantitative estimate of drug-likeness (QED) is 0.562. The van der Waals surface area contributed by atoms with Crippen LogP contribution >= 0.6 is 18.5 Å². The first-order valence-electron chi connectivity index (χ1n) is 3.75. The Labute approximate surface area is 70.9 Å². The predicted octanol–water partition coefficient (Wildman–Crippen LogP) is 4.08. The van der Waals surface area contributed by atoms with Gasteiger partial charge in [-0.3, -0.25) is 0 Å². The van der Waals surface area contributed by atoms with Crippen molar-refractivity contribution < 1.29 is 0 Å². The van der Waals surface area contributed by atoms with E-state index in [1.165, 1.54) is 6.16 Å². The van der Waals surface area contributed by atoms with Crippen molar-refractivity contribution in [3.63, 3.8) is 0 Å². The molecule has 0 aliphatic rings. The van der Waals surface area contributed by atoms with Gasteiger partial charge in [0.2, 0.25) is 0 Å². The zero-order valence-corrected chi connectivity index (χ0v) is 9.26. The number of halogens is 1. The van der Waals surface area contributed by atoms with Crippen LogP contribution in [0.4, 0.5) is 0 Å². The predicted molar refractivity (Wildman–Crippen MR) is 52.2 cm³/mol. The lowest BCUT2D eigenvalue weighted by atomic mass is 10.0. The van der Waals surface area contributed by atoms with Gasteiger partial charge in [0.15, 0.2) is 0 Å². The summed E-state index contributed by atoms with van der Waals surface area (Å²) in [6.07, 6.45) is 1.17. The van der Waals surface area contributed by atoms with Crippen LogP contribution in [-0.4, -0.2) is 11.8 Å². The minimum Gasteiger partial charge on any atom is -0.0961 e. The summed E-state index contributed by atoms with van der Waals surface area (Å²) in [5.74, 6) is 0. The van der Waals surface area contributed by atoms with Crippen LogP contribution < -0.4 is 0 Å². The molecule has 0 spiro atoms. The molecule has 0 aromatic carbocycles. The molecule has 0 saturated heterocycles. The summed E-state index contributed by atoms with van der Waals surface area (Å²) in [5.41, 5.74) is 1.06. The Hall–Kier alpha value is 0.720. The second kappa shape index (κ2) is 3.93. The van der Waals surface area contributed by atoms with Gasteiger partial charge in [0.25, 0.3) is 0 Å². The van der Waals surface area contributed by atoms with Gasteiger partial charge < -0.3 is 0 Å². The maximum absolute atomic E-state index is 6.17. The highest BCUT2D eigenvalue weighted by Crippen LogP contribution is 2.50. The van der Waals surface area contributed by atoms with Gasteiger partial charge in [0.1, 0.15) is 0 Å². The van der Waals surface area contributed by atoms with Crippen molar-refractivity contribution in [1.29, 1.82) is 0 Å². The Morgan fingerprint density at radius 3 is 1.80 bits per heavy atom. The molecular weight excluding hydrogens is 163 g/mol. The third kappa shape index (κ3) is 5.50. The fourth-order valence-electron chi connectivity index (χ4n) is 0.636. The zero-order chi connectivity index (χ0) is 8.36. The summed E-state index contributed by atoms with van der Waals surface area (Å²) < 4.78 is 0. The number of hydrogen-bond donors (Lipinski definition) is 0. The highest BCUT2D eigenvalue weighted by atomic mass is 35.7. The van der Waals surface area contributed by atoms with Crippen LogP contribution in [0.15, 0.2) is 0 Å². The van der Waals surface area contributed by atoms with Gasteiger partial charge in [-0.2, -0.15) is 0 Å². The molecule has 0 radical (unpaired) electrons. The minimum absolute atomic E-state index is 0.255. The molecule has 0 N–H and O–H groups in total. The molecule has 0 heterocycles. The number of rotatable bonds is 2. The largest absolute Gasteiger partial charge is 0.0961 e. The average molecular weight is 181 g/mol. The molecule has 0 aromatic heterocycles. The summed E-state index contributed by atoms with van der Waals surface area (Å²) in [6, 6.07) is 0. The second-order valence-electron chi connectivity index (χ2n) is 4.21. The first-order valence-corrected chi connectivity index (χ1v) is 6.25. The lowest BCUT2D eigenvalue weighted by Gasteiger charge is -2.23. The summed E-state index contributed by atoms with van der Waals surface area (Å²) in [7, 11) is -0.255. The number of hydrogen-bond acceptors (Lipinski definition) is 0. The van der Waals surface area contributed by atoms with Gasteiger partial charge in [0, 0.05) is 0 Å². The molecule has 0 aromatic rings. The van der Waals surface area contributed by atoms with Gasteiger partial charge in [0.05, 0.1) is 0 Å². The van der Waals surface area contributed by atoms with Crippen molar-refractivity contribution in [2.24, 2.45) is 5.41 Å². The molecule has 0 aliphatic carbocycles. The molecule has 0 rings (SSSR count). The standard InChI is InChI=1S/C8H18ClP/c1-7(2)10(9)6-8(3,4)5/h7H,6H2,1-5H3. The SMILES string of the molecule is CC(C)P(Cl)CC(C)(C)C. The molecule has 0 bridgehead atoms. The fourth-order valence-corrected chi connectivity index (χ4v) is 2.98. The molecule has 1 unspecified atom stereocenters. The summed E-state index contributed by atoms with van der Waals surface area (Å²) >= 11 is 6.17. The topological polar surface area (TPSA) is 0 Å². The fraction of sp³-hybridized carbons (Fsp3) is 1.00. The monoisotopic (exact) mass is 180 g/mol. The Morgan fingerprint density at radius 1 is 1.30 bits per heavy atom. The lowest BCUT2D eigenvalue weighted by molar-refractivity contribution is 0.477. The molecule has 10 heavy (non-hydrogen) atoms. The normalized spacial score (nSPS) is 15.9. The molecular formula is C8H18ClP.